The Labute approximate surface area is 290 Å². The van der Waals surface area contributed by atoms with Crippen LogP contribution in [-0.4, -0.2) is 99.7 Å². The summed E-state index contributed by atoms with van der Waals surface area (Å²) in [5.74, 6) is -1.50. The van der Waals surface area contributed by atoms with Crippen molar-refractivity contribution < 1.29 is 32.6 Å². The number of nitrogens with zero attached hydrogens (tertiary/aromatic N) is 8. The van der Waals surface area contributed by atoms with Crippen LogP contribution in [0.3, 0.4) is 0 Å². The van der Waals surface area contributed by atoms with Crippen molar-refractivity contribution in [3.63, 3.8) is 0 Å². The van der Waals surface area contributed by atoms with Gasteiger partial charge in [0.25, 0.3) is 12.0 Å². The van der Waals surface area contributed by atoms with Gasteiger partial charge in [0.05, 0.1) is 30.5 Å². The maximum Gasteiger partial charge on any atom is 0.410 e. The molecule has 1 N–H and O–H groups in total. The van der Waals surface area contributed by atoms with E-state index in [0.717, 1.165) is 28.1 Å². The SMILES string of the molecule is CN(C(=O)OC(C)(C)C)C1Cc2cc(-c3cnc4c(=O)n(CC5(O)CCN(C(=O)CC(C(F)F)n6ccc(F)n6)CC5)cnn34)cc(Cl)c2C1. The molecule has 0 saturated carbocycles. The quantitative estimate of drug-likeness (QED) is 0.287. The molecule has 2 unspecified atom stereocenters. The van der Waals surface area contributed by atoms with Crippen molar-refractivity contribution in [1.82, 2.24) is 38.7 Å². The number of likely N-dealkylation sites (N-methyl/N-ethyl adjacent to an activating group) is 1. The maximum absolute atomic E-state index is 13.6. The van der Waals surface area contributed by atoms with E-state index in [2.05, 4.69) is 15.2 Å². The van der Waals surface area contributed by atoms with Crippen LogP contribution < -0.4 is 5.56 Å². The second kappa shape index (κ2) is 13.4. The topological polar surface area (TPSA) is 140 Å². The Morgan fingerprint density at radius 2 is 1.92 bits per heavy atom. The van der Waals surface area contributed by atoms with Gasteiger partial charge in [-0.1, -0.05) is 11.6 Å². The number of fused-ring (bicyclic) bond motifs is 2. The lowest BCUT2D eigenvalue weighted by Crippen LogP contribution is -2.50. The molecule has 50 heavy (non-hydrogen) atoms. The molecular weight excluding hydrogens is 681 g/mol. The van der Waals surface area contributed by atoms with Gasteiger partial charge in [-0.15, -0.1) is 5.10 Å². The lowest BCUT2D eigenvalue weighted by Gasteiger charge is -2.38. The summed E-state index contributed by atoms with van der Waals surface area (Å²) in [5, 5.41) is 19.7. The van der Waals surface area contributed by atoms with Gasteiger partial charge in [0, 0.05) is 49.0 Å². The molecule has 17 heteroatoms. The van der Waals surface area contributed by atoms with Crippen LogP contribution in [0.15, 0.2) is 41.7 Å². The van der Waals surface area contributed by atoms with Gasteiger partial charge in [0.15, 0.2) is 0 Å². The van der Waals surface area contributed by atoms with Gasteiger partial charge in [-0.25, -0.2) is 23.1 Å². The van der Waals surface area contributed by atoms with E-state index in [4.69, 9.17) is 16.3 Å². The first-order chi connectivity index (χ1) is 23.5. The van der Waals surface area contributed by atoms with Crippen LogP contribution in [-0.2, 0) is 28.9 Å². The summed E-state index contributed by atoms with van der Waals surface area (Å²) in [7, 11) is 1.71. The highest BCUT2D eigenvalue weighted by atomic mass is 35.5. The van der Waals surface area contributed by atoms with Crippen molar-refractivity contribution in [1.29, 1.82) is 0 Å². The monoisotopic (exact) mass is 718 g/mol. The predicted molar refractivity (Wildman–Crippen MR) is 175 cm³/mol. The molecule has 2 amide bonds. The second-order valence-corrected chi connectivity index (χ2v) is 14.4. The number of aliphatic hydroxyl groups is 1. The highest BCUT2D eigenvalue weighted by molar-refractivity contribution is 6.31. The van der Waals surface area contributed by atoms with Gasteiger partial charge >= 0.3 is 6.09 Å². The first-order valence-corrected chi connectivity index (χ1v) is 16.6. The molecule has 6 rings (SSSR count). The first kappa shape index (κ1) is 35.4. The number of carbonyl (C=O) groups excluding carboxylic acids is 2. The molecule has 4 heterocycles. The van der Waals surface area contributed by atoms with E-state index in [1.165, 1.54) is 26.5 Å². The zero-order valence-electron chi connectivity index (χ0n) is 28.0. The van der Waals surface area contributed by atoms with Gasteiger partial charge in [-0.3, -0.25) is 18.8 Å². The number of ether oxygens (including phenoxy) is 1. The molecule has 1 saturated heterocycles. The Bertz CT molecular complexity index is 1980. The number of alkyl halides is 2. The van der Waals surface area contributed by atoms with Crippen molar-refractivity contribution in [3.05, 3.63) is 69.4 Å². The molecule has 2 aliphatic rings. The van der Waals surface area contributed by atoms with Crippen molar-refractivity contribution in [2.24, 2.45) is 0 Å². The highest BCUT2D eigenvalue weighted by Gasteiger charge is 2.37. The minimum Gasteiger partial charge on any atom is -0.444 e. The molecule has 1 fully saturated rings. The Kier molecular flexibility index (Phi) is 9.45. The summed E-state index contributed by atoms with van der Waals surface area (Å²) in [6.45, 7) is 5.46. The smallest absolute Gasteiger partial charge is 0.410 e. The van der Waals surface area contributed by atoms with Gasteiger partial charge < -0.3 is 19.6 Å². The zero-order chi connectivity index (χ0) is 36.1. The fourth-order valence-corrected chi connectivity index (χ4v) is 6.85. The number of imidazole rings is 1. The average molecular weight is 719 g/mol. The predicted octanol–water partition coefficient (Wildman–Crippen LogP) is 4.13. The number of halogens is 4. The Morgan fingerprint density at radius 3 is 2.56 bits per heavy atom. The van der Waals surface area contributed by atoms with Crippen LogP contribution in [0.5, 0.6) is 0 Å². The van der Waals surface area contributed by atoms with Crippen LogP contribution in [0.2, 0.25) is 5.02 Å². The zero-order valence-corrected chi connectivity index (χ0v) is 28.8. The molecule has 0 radical (unpaired) electrons. The maximum atomic E-state index is 13.6. The van der Waals surface area contributed by atoms with E-state index in [0.29, 0.717) is 29.1 Å². The van der Waals surface area contributed by atoms with Crippen molar-refractivity contribution in [2.45, 2.75) is 89.1 Å². The van der Waals surface area contributed by atoms with Crippen LogP contribution in [0.4, 0.5) is 18.0 Å². The molecule has 4 aromatic rings. The fourth-order valence-electron chi connectivity index (χ4n) is 6.54. The van der Waals surface area contributed by atoms with Crippen LogP contribution in [0.1, 0.15) is 57.2 Å². The number of rotatable bonds is 8. The average Bonchev–Trinajstić information content (AvgIpc) is 3.79. The summed E-state index contributed by atoms with van der Waals surface area (Å²) in [6, 6.07) is 2.90. The number of hydrogen-bond donors (Lipinski definition) is 1. The van der Waals surface area contributed by atoms with E-state index in [1.54, 1.807) is 18.0 Å². The van der Waals surface area contributed by atoms with E-state index in [9.17, 15) is 32.7 Å². The summed E-state index contributed by atoms with van der Waals surface area (Å²) in [4.78, 5) is 46.3. The number of benzene rings is 1. The molecule has 2 atom stereocenters. The number of likely N-dealkylation sites (tertiary alicyclic amines) is 1. The standard InChI is InChI=1S/C33H38ClF3N8O5/c1-32(2,3)50-31(48)41(4)21-12-19-11-20(13-23(34)22(19)14-21)25-16-38-29-30(47)43(18-39-45(25)29)17-33(49)6-9-42(10-7-33)27(46)15-24(28(36)37)44-8-5-26(35)40-44/h5,8,11,13,16,18,21,24,28,49H,6-7,9-10,12,14-15,17H2,1-4H3. The van der Waals surface area contributed by atoms with E-state index >= 15 is 0 Å². The van der Waals surface area contributed by atoms with Gasteiger partial charge in [-0.2, -0.15) is 9.49 Å². The van der Waals surface area contributed by atoms with Crippen LogP contribution in [0, 0.1) is 5.95 Å². The number of aromatic nitrogens is 6. The highest BCUT2D eigenvalue weighted by Crippen LogP contribution is 2.36. The minimum absolute atomic E-state index is 0.0333. The van der Waals surface area contributed by atoms with Crippen molar-refractivity contribution in [3.8, 4) is 11.3 Å². The largest absolute Gasteiger partial charge is 0.444 e. The molecule has 1 aliphatic carbocycles. The molecule has 1 aromatic carbocycles. The Hall–Kier alpha value is -4.44. The molecule has 0 spiro atoms. The molecule has 1 aliphatic heterocycles. The summed E-state index contributed by atoms with van der Waals surface area (Å²) >= 11 is 6.72. The number of amides is 2. The first-order valence-electron chi connectivity index (χ1n) is 16.2. The van der Waals surface area contributed by atoms with Crippen molar-refractivity contribution >= 4 is 29.2 Å². The lowest BCUT2D eigenvalue weighted by molar-refractivity contribution is -0.138. The fraction of sp³-hybridized carbons (Fsp3) is 0.515. The van der Waals surface area contributed by atoms with E-state index < -0.39 is 53.6 Å². The summed E-state index contributed by atoms with van der Waals surface area (Å²) in [6.07, 6.45) is 1.26. The van der Waals surface area contributed by atoms with Gasteiger partial charge in [-0.05, 0) is 69.7 Å². The Balaban J connectivity index is 1.13. The summed E-state index contributed by atoms with van der Waals surface area (Å²) in [5.41, 5.74) is 0.660. The molecule has 0 bridgehead atoms. The third-order valence-corrected chi connectivity index (χ3v) is 9.64. The van der Waals surface area contributed by atoms with E-state index in [1.807, 2.05) is 26.8 Å². The van der Waals surface area contributed by atoms with Gasteiger partial charge in [0.2, 0.25) is 17.5 Å². The summed E-state index contributed by atoms with van der Waals surface area (Å²) < 4.78 is 49.5. The normalized spacial score (nSPS) is 18.0. The molecule has 13 nitrogen and oxygen atoms in total. The number of piperidine rings is 1. The lowest BCUT2D eigenvalue weighted by atomic mass is 9.91. The third kappa shape index (κ3) is 7.22. The molecular formula is C33H38ClF3N8O5. The second-order valence-electron chi connectivity index (χ2n) is 14.0. The van der Waals surface area contributed by atoms with Crippen LogP contribution in [0.25, 0.3) is 16.9 Å². The van der Waals surface area contributed by atoms with E-state index in [-0.39, 0.29) is 44.2 Å². The van der Waals surface area contributed by atoms with Gasteiger partial charge in [0.1, 0.15) is 18.0 Å². The molecule has 3 aromatic heterocycles. The number of carbonyl (C=O) groups is 2. The Morgan fingerprint density at radius 1 is 1.20 bits per heavy atom. The number of hydrogen-bond acceptors (Lipinski definition) is 8. The third-order valence-electron chi connectivity index (χ3n) is 9.31. The van der Waals surface area contributed by atoms with Crippen molar-refractivity contribution in [2.75, 3.05) is 20.1 Å². The molecule has 268 valence electrons. The minimum atomic E-state index is -2.94. The van der Waals surface area contributed by atoms with Crippen LogP contribution >= 0.6 is 11.6 Å².